The van der Waals surface area contributed by atoms with Crippen molar-refractivity contribution in [1.29, 1.82) is 0 Å². The van der Waals surface area contributed by atoms with Crippen molar-refractivity contribution in [2.75, 3.05) is 11.3 Å². The number of halogens is 1. The summed E-state index contributed by atoms with van der Waals surface area (Å²) in [7, 11) is -3.69. The van der Waals surface area contributed by atoms with Crippen LogP contribution in [0.2, 0.25) is 5.02 Å². The molecule has 0 aliphatic heterocycles. The quantitative estimate of drug-likeness (QED) is 0.734. The van der Waals surface area contributed by atoms with Crippen LogP contribution in [0.25, 0.3) is 0 Å². The normalized spacial score (nSPS) is 11.1. The van der Waals surface area contributed by atoms with Gasteiger partial charge in [0.1, 0.15) is 0 Å². The Kier molecular flexibility index (Phi) is 6.23. The third-order valence-corrected chi connectivity index (χ3v) is 4.99. The minimum absolute atomic E-state index is 0.119. The van der Waals surface area contributed by atoms with E-state index in [0.29, 0.717) is 22.8 Å². The molecule has 5 nitrogen and oxygen atoms in total. The number of unbranched alkanes of at least 4 members (excludes halogenated alkanes) is 1. The summed E-state index contributed by atoms with van der Waals surface area (Å²) in [5.41, 5.74) is 0.871. The fourth-order valence-electron chi connectivity index (χ4n) is 2.00. The second-order valence-electron chi connectivity index (χ2n) is 5.25. The molecule has 1 amide bonds. The highest BCUT2D eigenvalue weighted by atomic mass is 35.5. The highest BCUT2D eigenvalue weighted by Gasteiger charge is 2.14. The van der Waals surface area contributed by atoms with Crippen LogP contribution in [0.15, 0.2) is 53.4 Å². The van der Waals surface area contributed by atoms with Gasteiger partial charge in [0.05, 0.1) is 4.90 Å². The molecule has 2 aromatic rings. The molecule has 0 unspecified atom stereocenters. The van der Waals surface area contributed by atoms with Crippen LogP contribution in [-0.2, 0) is 10.0 Å². The predicted octanol–water partition coefficient (Wildman–Crippen LogP) is 3.67. The number of anilines is 1. The highest BCUT2D eigenvalue weighted by molar-refractivity contribution is 7.92. The van der Waals surface area contributed by atoms with E-state index in [1.165, 1.54) is 24.3 Å². The van der Waals surface area contributed by atoms with Crippen LogP contribution in [0.5, 0.6) is 0 Å². The zero-order chi connectivity index (χ0) is 17.6. The van der Waals surface area contributed by atoms with Crippen molar-refractivity contribution in [3.63, 3.8) is 0 Å². The molecule has 0 atom stereocenters. The molecular weight excluding hydrogens is 348 g/mol. The maximum absolute atomic E-state index is 12.3. The van der Waals surface area contributed by atoms with Gasteiger partial charge in [0.25, 0.3) is 15.9 Å². The first-order valence-electron chi connectivity index (χ1n) is 7.59. The number of amides is 1. The number of rotatable bonds is 7. The fourth-order valence-corrected chi connectivity index (χ4v) is 3.18. The lowest BCUT2D eigenvalue weighted by Gasteiger charge is -2.09. The predicted molar refractivity (Wildman–Crippen MR) is 95.9 cm³/mol. The second-order valence-corrected chi connectivity index (χ2v) is 7.37. The van der Waals surface area contributed by atoms with Gasteiger partial charge in [0, 0.05) is 22.8 Å². The fraction of sp³-hybridized carbons (Fsp3) is 0.235. The number of nitrogens with one attached hydrogen (secondary N) is 2. The summed E-state index contributed by atoms with van der Waals surface area (Å²) in [4.78, 5) is 12.0. The van der Waals surface area contributed by atoms with E-state index in [-0.39, 0.29) is 10.8 Å². The summed E-state index contributed by atoms with van der Waals surface area (Å²) >= 11 is 5.76. The van der Waals surface area contributed by atoms with Gasteiger partial charge >= 0.3 is 0 Å². The number of benzene rings is 2. The molecule has 0 saturated heterocycles. The average molecular weight is 367 g/mol. The van der Waals surface area contributed by atoms with Gasteiger partial charge < -0.3 is 5.32 Å². The van der Waals surface area contributed by atoms with E-state index in [0.717, 1.165) is 12.8 Å². The van der Waals surface area contributed by atoms with Crippen molar-refractivity contribution in [3.8, 4) is 0 Å². The summed E-state index contributed by atoms with van der Waals surface area (Å²) in [6, 6.07) is 12.2. The Labute approximate surface area is 147 Å². The Hall–Kier alpha value is -2.05. The Morgan fingerprint density at radius 1 is 1.04 bits per heavy atom. The minimum Gasteiger partial charge on any atom is -0.352 e. The number of sulfonamides is 1. The number of carbonyl (C=O) groups excluding carboxylic acids is 1. The number of carbonyl (C=O) groups is 1. The molecule has 2 aromatic carbocycles. The molecule has 0 aliphatic rings. The van der Waals surface area contributed by atoms with Crippen molar-refractivity contribution in [3.05, 3.63) is 59.1 Å². The van der Waals surface area contributed by atoms with E-state index in [1.54, 1.807) is 24.3 Å². The van der Waals surface area contributed by atoms with Crippen LogP contribution < -0.4 is 10.0 Å². The Morgan fingerprint density at radius 3 is 2.25 bits per heavy atom. The number of hydrogen-bond donors (Lipinski definition) is 2. The molecule has 0 bridgehead atoms. The van der Waals surface area contributed by atoms with Gasteiger partial charge in [-0.05, 0) is 55.0 Å². The zero-order valence-corrected chi connectivity index (χ0v) is 14.8. The van der Waals surface area contributed by atoms with Gasteiger partial charge in [-0.3, -0.25) is 9.52 Å². The maximum atomic E-state index is 12.3. The molecule has 0 saturated carbocycles. The van der Waals surface area contributed by atoms with Crippen LogP contribution in [0.3, 0.4) is 0 Å². The van der Waals surface area contributed by atoms with E-state index < -0.39 is 10.0 Å². The third-order valence-electron chi connectivity index (χ3n) is 3.34. The molecular formula is C17H19ClN2O3S. The van der Waals surface area contributed by atoms with Crippen molar-refractivity contribution in [2.45, 2.75) is 24.7 Å². The van der Waals surface area contributed by atoms with Crippen LogP contribution in [-0.4, -0.2) is 20.9 Å². The summed E-state index contributed by atoms with van der Waals surface area (Å²) in [5, 5.41) is 3.27. The lowest BCUT2D eigenvalue weighted by atomic mass is 10.2. The van der Waals surface area contributed by atoms with Gasteiger partial charge in [-0.15, -0.1) is 0 Å². The largest absolute Gasteiger partial charge is 0.352 e. The molecule has 0 fully saturated rings. The van der Waals surface area contributed by atoms with Crippen LogP contribution >= 0.6 is 11.6 Å². The molecule has 0 spiro atoms. The summed E-state index contributed by atoms with van der Waals surface area (Å²) < 4.78 is 27.0. The molecule has 2 N–H and O–H groups in total. The van der Waals surface area contributed by atoms with Crippen LogP contribution in [0.4, 0.5) is 5.69 Å². The van der Waals surface area contributed by atoms with Crippen molar-refractivity contribution in [2.24, 2.45) is 0 Å². The van der Waals surface area contributed by atoms with E-state index in [9.17, 15) is 13.2 Å². The Bertz CT molecular complexity index is 788. The molecule has 0 aliphatic carbocycles. The monoisotopic (exact) mass is 366 g/mol. The van der Waals surface area contributed by atoms with Gasteiger partial charge in [-0.1, -0.05) is 24.9 Å². The molecule has 0 heterocycles. The second kappa shape index (κ2) is 8.17. The van der Waals surface area contributed by atoms with Gasteiger partial charge in [-0.25, -0.2) is 8.42 Å². The number of hydrogen-bond acceptors (Lipinski definition) is 3. The molecule has 128 valence electrons. The zero-order valence-electron chi connectivity index (χ0n) is 13.3. The van der Waals surface area contributed by atoms with Crippen molar-refractivity contribution in [1.82, 2.24) is 5.32 Å². The molecule has 0 aromatic heterocycles. The minimum atomic E-state index is -3.69. The van der Waals surface area contributed by atoms with Gasteiger partial charge in [0.15, 0.2) is 0 Å². The lowest BCUT2D eigenvalue weighted by molar-refractivity contribution is 0.0953. The Balaban J connectivity index is 2.05. The first-order chi connectivity index (χ1) is 11.4. The standard InChI is InChI=1S/C17H19ClN2O3S/c1-2-3-12-19-17(21)13-4-8-15(9-5-13)20-24(22,23)16-10-6-14(18)7-11-16/h4-11,20H,2-3,12H2,1H3,(H,19,21). The Morgan fingerprint density at radius 2 is 1.67 bits per heavy atom. The van der Waals surface area contributed by atoms with Crippen LogP contribution in [0.1, 0.15) is 30.1 Å². The molecule has 2 rings (SSSR count). The average Bonchev–Trinajstić information content (AvgIpc) is 2.55. The third kappa shape index (κ3) is 4.97. The molecule has 24 heavy (non-hydrogen) atoms. The van der Waals surface area contributed by atoms with E-state index >= 15 is 0 Å². The first kappa shape index (κ1) is 18.3. The van der Waals surface area contributed by atoms with Crippen LogP contribution in [0, 0.1) is 0 Å². The summed E-state index contributed by atoms with van der Waals surface area (Å²) in [6.45, 7) is 2.67. The maximum Gasteiger partial charge on any atom is 0.261 e. The highest BCUT2D eigenvalue weighted by Crippen LogP contribution is 2.18. The van der Waals surface area contributed by atoms with E-state index in [2.05, 4.69) is 10.0 Å². The smallest absolute Gasteiger partial charge is 0.261 e. The summed E-state index contributed by atoms with van der Waals surface area (Å²) in [6.07, 6.45) is 1.93. The van der Waals surface area contributed by atoms with E-state index in [1.807, 2.05) is 6.92 Å². The van der Waals surface area contributed by atoms with Gasteiger partial charge in [0.2, 0.25) is 0 Å². The SMILES string of the molecule is CCCCNC(=O)c1ccc(NS(=O)(=O)c2ccc(Cl)cc2)cc1. The van der Waals surface area contributed by atoms with Crippen molar-refractivity contribution >= 4 is 33.2 Å². The van der Waals surface area contributed by atoms with E-state index in [4.69, 9.17) is 11.6 Å². The lowest BCUT2D eigenvalue weighted by Crippen LogP contribution is -2.24. The van der Waals surface area contributed by atoms with Crippen molar-refractivity contribution < 1.29 is 13.2 Å². The first-order valence-corrected chi connectivity index (χ1v) is 9.45. The summed E-state index contributed by atoms with van der Waals surface area (Å²) in [5.74, 6) is -0.171. The topological polar surface area (TPSA) is 75.3 Å². The van der Waals surface area contributed by atoms with Gasteiger partial charge in [-0.2, -0.15) is 0 Å². The molecule has 7 heteroatoms. The molecule has 0 radical (unpaired) electrons.